The molecule has 3 rings (SSSR count). The van der Waals surface area contributed by atoms with Crippen molar-refractivity contribution in [3.8, 4) is 5.75 Å². The minimum atomic E-state index is -0.899. The van der Waals surface area contributed by atoms with Crippen molar-refractivity contribution >= 4 is 40.5 Å². The molecule has 0 radical (unpaired) electrons. The lowest BCUT2D eigenvalue weighted by Gasteiger charge is -2.24. The van der Waals surface area contributed by atoms with Crippen molar-refractivity contribution in [3.05, 3.63) is 50.7 Å². The molecule has 5 nitrogen and oxygen atoms in total. The highest BCUT2D eigenvalue weighted by molar-refractivity contribution is 7.13. The summed E-state index contributed by atoms with van der Waals surface area (Å²) in [4.78, 5) is 12.4. The minimum absolute atomic E-state index is 0.0908. The van der Waals surface area contributed by atoms with Crippen LogP contribution >= 0.6 is 34.5 Å². The average Bonchev–Trinajstić information content (AvgIpc) is 3.25. The van der Waals surface area contributed by atoms with Crippen molar-refractivity contribution in [1.29, 1.82) is 0 Å². The van der Waals surface area contributed by atoms with Crippen LogP contribution in [0.5, 0.6) is 5.75 Å². The van der Waals surface area contributed by atoms with Gasteiger partial charge in [-0.15, -0.1) is 22.9 Å². The number of aliphatic hydroxyl groups excluding tert-OH is 2. The minimum Gasteiger partial charge on any atom is -0.493 e. The summed E-state index contributed by atoms with van der Waals surface area (Å²) in [5, 5.41) is 29.1. The normalized spacial score (nSPS) is 24.0. The standard InChI is InChI=1S/C21H24Cl2O5S/c22-13-6-12(10-24)7-14(8-13)28-11-17-16(18(23)9-19(17)25)3-1-2-15-4-5-20(29-15)21(26)27/h4-8,16-19,24-25H,1-3,9-11H2,(H,26,27)/t16-,17-,18-,19-/m1/s1. The lowest BCUT2D eigenvalue weighted by atomic mass is 9.90. The molecule has 2 aromatic rings. The zero-order valence-corrected chi connectivity index (χ0v) is 18.1. The van der Waals surface area contributed by atoms with E-state index in [1.807, 2.05) is 6.07 Å². The van der Waals surface area contributed by atoms with Gasteiger partial charge in [-0.05, 0) is 67.5 Å². The Hall–Kier alpha value is -1.31. The second kappa shape index (κ2) is 10.1. The third-order valence-corrected chi connectivity index (χ3v) is 7.22. The number of alkyl halides is 1. The first-order chi connectivity index (χ1) is 13.9. The maximum atomic E-state index is 11.0. The van der Waals surface area contributed by atoms with Crippen LogP contribution in [0.4, 0.5) is 0 Å². The summed E-state index contributed by atoms with van der Waals surface area (Å²) in [5.41, 5.74) is 0.669. The van der Waals surface area contributed by atoms with Gasteiger partial charge in [0.05, 0.1) is 19.3 Å². The van der Waals surface area contributed by atoms with Gasteiger partial charge in [0.2, 0.25) is 0 Å². The van der Waals surface area contributed by atoms with Crippen LogP contribution in [0, 0.1) is 11.8 Å². The highest BCUT2D eigenvalue weighted by atomic mass is 35.5. The number of hydrogen-bond acceptors (Lipinski definition) is 5. The summed E-state index contributed by atoms with van der Waals surface area (Å²) in [6.07, 6.45) is 2.48. The van der Waals surface area contributed by atoms with Gasteiger partial charge in [0.1, 0.15) is 10.6 Å². The summed E-state index contributed by atoms with van der Waals surface area (Å²) in [5.74, 6) is -0.317. The van der Waals surface area contributed by atoms with E-state index in [4.69, 9.17) is 33.0 Å². The van der Waals surface area contributed by atoms with Crippen LogP contribution < -0.4 is 4.74 Å². The molecule has 0 saturated heterocycles. The number of carboxylic acids is 1. The molecule has 0 spiro atoms. The summed E-state index contributed by atoms with van der Waals surface area (Å²) in [6, 6.07) is 8.59. The number of ether oxygens (including phenoxy) is 1. The molecule has 1 saturated carbocycles. The van der Waals surface area contributed by atoms with E-state index in [-0.39, 0.29) is 23.8 Å². The molecule has 1 aromatic carbocycles. The Kier molecular flexibility index (Phi) is 7.82. The summed E-state index contributed by atoms with van der Waals surface area (Å²) < 4.78 is 5.88. The van der Waals surface area contributed by atoms with Crippen LogP contribution in [0.3, 0.4) is 0 Å². The maximum Gasteiger partial charge on any atom is 0.345 e. The fourth-order valence-corrected chi connectivity index (χ4v) is 5.52. The monoisotopic (exact) mass is 458 g/mol. The van der Waals surface area contributed by atoms with Gasteiger partial charge >= 0.3 is 5.97 Å². The topological polar surface area (TPSA) is 87.0 Å². The zero-order chi connectivity index (χ0) is 21.0. The molecule has 4 atom stereocenters. The molecule has 1 aromatic heterocycles. The quantitative estimate of drug-likeness (QED) is 0.478. The van der Waals surface area contributed by atoms with E-state index in [1.165, 1.54) is 11.3 Å². The van der Waals surface area contributed by atoms with Crippen LogP contribution in [-0.2, 0) is 13.0 Å². The molecular formula is C21H24Cl2O5S. The van der Waals surface area contributed by atoms with Gasteiger partial charge in [-0.3, -0.25) is 0 Å². The van der Waals surface area contributed by atoms with E-state index >= 15 is 0 Å². The molecule has 29 heavy (non-hydrogen) atoms. The number of carboxylic acid groups (broad SMARTS) is 1. The maximum absolute atomic E-state index is 11.0. The number of hydrogen-bond donors (Lipinski definition) is 3. The molecule has 0 unspecified atom stereocenters. The predicted molar refractivity (Wildman–Crippen MR) is 114 cm³/mol. The van der Waals surface area contributed by atoms with E-state index in [0.717, 1.165) is 24.1 Å². The Morgan fingerprint density at radius 3 is 2.72 bits per heavy atom. The number of rotatable bonds is 9. The molecule has 158 valence electrons. The number of aromatic carboxylic acids is 1. The molecule has 0 amide bonds. The first-order valence-electron chi connectivity index (χ1n) is 9.54. The first kappa shape index (κ1) is 22.4. The largest absolute Gasteiger partial charge is 0.493 e. The first-order valence-corrected chi connectivity index (χ1v) is 11.2. The Morgan fingerprint density at radius 2 is 2.03 bits per heavy atom. The third kappa shape index (κ3) is 5.86. The van der Waals surface area contributed by atoms with Crippen molar-refractivity contribution < 1.29 is 24.9 Å². The zero-order valence-electron chi connectivity index (χ0n) is 15.8. The smallest absolute Gasteiger partial charge is 0.345 e. The van der Waals surface area contributed by atoms with Gasteiger partial charge < -0.3 is 20.1 Å². The number of benzene rings is 1. The van der Waals surface area contributed by atoms with E-state index in [2.05, 4.69) is 0 Å². The van der Waals surface area contributed by atoms with Crippen LogP contribution in [0.25, 0.3) is 0 Å². The molecule has 1 aliphatic rings. The van der Waals surface area contributed by atoms with Crippen molar-refractivity contribution in [2.24, 2.45) is 11.8 Å². The van der Waals surface area contributed by atoms with Crippen LogP contribution in [-0.4, -0.2) is 39.4 Å². The van der Waals surface area contributed by atoms with Crippen molar-refractivity contribution in [2.75, 3.05) is 6.61 Å². The molecule has 1 heterocycles. The molecule has 3 N–H and O–H groups in total. The van der Waals surface area contributed by atoms with Gasteiger partial charge in [0, 0.05) is 21.2 Å². The summed E-state index contributed by atoms with van der Waals surface area (Å²) in [6.45, 7) is 0.199. The fourth-order valence-electron chi connectivity index (χ4n) is 3.89. The van der Waals surface area contributed by atoms with Crippen LogP contribution in [0.2, 0.25) is 5.02 Å². The van der Waals surface area contributed by atoms with E-state index in [0.29, 0.717) is 34.2 Å². The average molecular weight is 459 g/mol. The molecular weight excluding hydrogens is 435 g/mol. The third-order valence-electron chi connectivity index (χ3n) is 5.36. The second-order valence-electron chi connectivity index (χ2n) is 7.37. The lowest BCUT2D eigenvalue weighted by molar-refractivity contribution is 0.0701. The lowest BCUT2D eigenvalue weighted by Crippen LogP contribution is -2.27. The van der Waals surface area contributed by atoms with E-state index in [1.54, 1.807) is 24.3 Å². The van der Waals surface area contributed by atoms with Crippen LogP contribution in [0.1, 0.15) is 39.4 Å². The van der Waals surface area contributed by atoms with E-state index in [9.17, 15) is 15.0 Å². The van der Waals surface area contributed by atoms with Crippen molar-refractivity contribution in [1.82, 2.24) is 0 Å². The Labute approximate surface area is 183 Å². The molecule has 1 fully saturated rings. The Balaban J connectivity index is 1.57. The van der Waals surface area contributed by atoms with Crippen LogP contribution in [0.15, 0.2) is 30.3 Å². The van der Waals surface area contributed by atoms with E-state index < -0.39 is 12.1 Å². The van der Waals surface area contributed by atoms with Gasteiger partial charge in [0.25, 0.3) is 0 Å². The molecule has 0 aliphatic heterocycles. The highest BCUT2D eigenvalue weighted by Gasteiger charge is 2.41. The van der Waals surface area contributed by atoms with Crippen molar-refractivity contribution in [2.45, 2.75) is 43.8 Å². The number of carbonyl (C=O) groups is 1. The number of aryl methyl sites for hydroxylation is 1. The fraction of sp³-hybridized carbons (Fsp3) is 0.476. The second-order valence-corrected chi connectivity index (χ2v) is 9.54. The van der Waals surface area contributed by atoms with Gasteiger partial charge in [-0.2, -0.15) is 0 Å². The SMILES string of the molecule is O=C(O)c1ccc(CCC[C@@H]2[C@@H](COc3cc(Cl)cc(CO)c3)[C@H](O)C[C@H]2Cl)s1. The van der Waals surface area contributed by atoms with Gasteiger partial charge in [0.15, 0.2) is 0 Å². The summed E-state index contributed by atoms with van der Waals surface area (Å²) >= 11 is 13.9. The van der Waals surface area contributed by atoms with Gasteiger partial charge in [-0.1, -0.05) is 11.6 Å². The number of thiophene rings is 1. The number of halogens is 2. The summed E-state index contributed by atoms with van der Waals surface area (Å²) in [7, 11) is 0. The molecule has 1 aliphatic carbocycles. The Bertz CT molecular complexity index is 840. The molecule has 8 heteroatoms. The predicted octanol–water partition coefficient (Wildman–Crippen LogP) is 4.60. The van der Waals surface area contributed by atoms with Crippen molar-refractivity contribution in [3.63, 3.8) is 0 Å². The Morgan fingerprint density at radius 1 is 1.24 bits per heavy atom. The highest BCUT2D eigenvalue weighted by Crippen LogP contribution is 2.40. The molecule has 0 bridgehead atoms. The van der Waals surface area contributed by atoms with Gasteiger partial charge in [-0.25, -0.2) is 4.79 Å². The number of aliphatic hydroxyl groups is 2.